The van der Waals surface area contributed by atoms with Gasteiger partial charge in [0.05, 0.1) is 0 Å². The van der Waals surface area contributed by atoms with E-state index < -0.39 is 5.97 Å². The molecular formula is C15H19NO2. The molecule has 0 bridgehead atoms. The summed E-state index contributed by atoms with van der Waals surface area (Å²) in [5.41, 5.74) is 3.28. The third-order valence-electron chi connectivity index (χ3n) is 3.35. The Balaban J connectivity index is 2.31. The summed E-state index contributed by atoms with van der Waals surface area (Å²) in [6, 6.07) is 6.21. The largest absolute Gasteiger partial charge is 0.478 e. The lowest BCUT2D eigenvalue weighted by molar-refractivity contribution is -0.131. The number of carboxylic acids is 1. The highest BCUT2D eigenvalue weighted by Gasteiger charge is 2.20. The SMILES string of the molecule is Cc1ccc(N2CCC(C)C2)c(/C=C/C(=O)O)c1. The average Bonchev–Trinajstić information content (AvgIpc) is 2.73. The second-order valence-corrected chi connectivity index (χ2v) is 5.07. The Kier molecular flexibility index (Phi) is 3.70. The topological polar surface area (TPSA) is 40.5 Å². The Labute approximate surface area is 108 Å². The van der Waals surface area contributed by atoms with Crippen molar-refractivity contribution in [1.82, 2.24) is 0 Å². The van der Waals surface area contributed by atoms with Crippen molar-refractivity contribution in [2.75, 3.05) is 18.0 Å². The number of aliphatic carboxylic acids is 1. The Hall–Kier alpha value is -1.77. The van der Waals surface area contributed by atoms with Crippen LogP contribution in [0.5, 0.6) is 0 Å². The van der Waals surface area contributed by atoms with Crippen molar-refractivity contribution in [2.45, 2.75) is 20.3 Å². The summed E-state index contributed by atoms with van der Waals surface area (Å²) >= 11 is 0. The van der Waals surface area contributed by atoms with E-state index >= 15 is 0 Å². The van der Waals surface area contributed by atoms with Crippen molar-refractivity contribution in [3.63, 3.8) is 0 Å². The molecule has 2 rings (SSSR count). The average molecular weight is 245 g/mol. The molecule has 1 atom stereocenters. The monoisotopic (exact) mass is 245 g/mol. The van der Waals surface area contributed by atoms with Crippen molar-refractivity contribution in [1.29, 1.82) is 0 Å². The number of carboxylic acid groups (broad SMARTS) is 1. The van der Waals surface area contributed by atoms with Crippen LogP contribution in [0.25, 0.3) is 6.08 Å². The molecule has 0 aromatic heterocycles. The maximum Gasteiger partial charge on any atom is 0.328 e. The molecule has 1 aromatic carbocycles. The molecule has 1 unspecified atom stereocenters. The van der Waals surface area contributed by atoms with Crippen LogP contribution in [0.2, 0.25) is 0 Å². The molecule has 1 fully saturated rings. The van der Waals surface area contributed by atoms with E-state index in [9.17, 15) is 4.79 Å². The van der Waals surface area contributed by atoms with Crippen LogP contribution in [-0.2, 0) is 4.79 Å². The highest BCUT2D eigenvalue weighted by molar-refractivity contribution is 5.87. The number of carbonyl (C=O) groups is 1. The van der Waals surface area contributed by atoms with E-state index in [1.807, 2.05) is 13.0 Å². The van der Waals surface area contributed by atoms with Gasteiger partial charge >= 0.3 is 5.97 Å². The standard InChI is InChI=1S/C15H19NO2/c1-11-3-5-14(16-8-7-12(2)10-16)13(9-11)4-6-15(17)18/h3-6,9,12H,7-8,10H2,1-2H3,(H,17,18)/b6-4+. The lowest BCUT2D eigenvalue weighted by Gasteiger charge is -2.21. The van der Waals surface area contributed by atoms with Gasteiger partial charge in [-0.1, -0.05) is 18.6 Å². The number of anilines is 1. The summed E-state index contributed by atoms with van der Waals surface area (Å²) < 4.78 is 0. The van der Waals surface area contributed by atoms with Crippen molar-refractivity contribution in [3.05, 3.63) is 35.4 Å². The summed E-state index contributed by atoms with van der Waals surface area (Å²) in [4.78, 5) is 13.0. The third kappa shape index (κ3) is 2.92. The zero-order valence-corrected chi connectivity index (χ0v) is 10.9. The molecule has 96 valence electrons. The van der Waals surface area contributed by atoms with Gasteiger partial charge in [-0.25, -0.2) is 4.79 Å². The highest BCUT2D eigenvalue weighted by Crippen LogP contribution is 2.28. The maximum atomic E-state index is 10.6. The normalized spacial score (nSPS) is 19.7. The van der Waals surface area contributed by atoms with Crippen LogP contribution in [0.4, 0.5) is 5.69 Å². The van der Waals surface area contributed by atoms with Crippen LogP contribution in [0, 0.1) is 12.8 Å². The van der Waals surface area contributed by atoms with Gasteiger partial charge in [0, 0.05) is 24.9 Å². The van der Waals surface area contributed by atoms with Crippen LogP contribution < -0.4 is 4.90 Å². The van der Waals surface area contributed by atoms with E-state index in [-0.39, 0.29) is 0 Å². The molecule has 3 heteroatoms. The minimum Gasteiger partial charge on any atom is -0.478 e. The van der Waals surface area contributed by atoms with E-state index in [4.69, 9.17) is 5.11 Å². The Morgan fingerprint density at radius 3 is 2.89 bits per heavy atom. The molecule has 1 aromatic rings. The van der Waals surface area contributed by atoms with Crippen LogP contribution in [0.1, 0.15) is 24.5 Å². The van der Waals surface area contributed by atoms with E-state index in [0.29, 0.717) is 5.92 Å². The van der Waals surface area contributed by atoms with Gasteiger partial charge in [-0.3, -0.25) is 0 Å². The molecule has 1 heterocycles. The van der Waals surface area contributed by atoms with E-state index in [2.05, 4.69) is 24.0 Å². The van der Waals surface area contributed by atoms with Gasteiger partial charge in [-0.05, 0) is 43.0 Å². The predicted molar refractivity (Wildman–Crippen MR) is 73.8 cm³/mol. The Morgan fingerprint density at radius 2 is 2.28 bits per heavy atom. The van der Waals surface area contributed by atoms with Gasteiger partial charge < -0.3 is 10.0 Å². The molecule has 1 N–H and O–H groups in total. The van der Waals surface area contributed by atoms with E-state index in [0.717, 1.165) is 29.9 Å². The zero-order chi connectivity index (χ0) is 13.1. The molecule has 18 heavy (non-hydrogen) atoms. The molecule has 0 spiro atoms. The first kappa shape index (κ1) is 12.7. The summed E-state index contributed by atoms with van der Waals surface area (Å²) in [6.07, 6.45) is 4.10. The molecular weight excluding hydrogens is 226 g/mol. The minimum absolute atomic E-state index is 0.711. The smallest absolute Gasteiger partial charge is 0.328 e. The quantitative estimate of drug-likeness (QED) is 0.832. The molecule has 0 aliphatic carbocycles. The summed E-state index contributed by atoms with van der Waals surface area (Å²) in [6.45, 7) is 6.38. The second-order valence-electron chi connectivity index (χ2n) is 5.07. The first-order valence-electron chi connectivity index (χ1n) is 6.33. The van der Waals surface area contributed by atoms with Gasteiger partial charge in [0.25, 0.3) is 0 Å². The summed E-state index contributed by atoms with van der Waals surface area (Å²) in [5.74, 6) is -0.195. The first-order chi connectivity index (χ1) is 8.56. The second kappa shape index (κ2) is 5.25. The van der Waals surface area contributed by atoms with Gasteiger partial charge in [-0.2, -0.15) is 0 Å². The third-order valence-corrected chi connectivity index (χ3v) is 3.35. The molecule has 1 saturated heterocycles. The fourth-order valence-electron chi connectivity index (χ4n) is 2.41. The lowest BCUT2D eigenvalue weighted by Crippen LogP contribution is -2.20. The zero-order valence-electron chi connectivity index (χ0n) is 10.9. The number of hydrogen-bond donors (Lipinski definition) is 1. The van der Waals surface area contributed by atoms with Crippen LogP contribution >= 0.6 is 0 Å². The summed E-state index contributed by atoms with van der Waals surface area (Å²) in [7, 11) is 0. The molecule has 0 amide bonds. The first-order valence-corrected chi connectivity index (χ1v) is 6.33. The maximum absolute atomic E-state index is 10.6. The number of hydrogen-bond acceptors (Lipinski definition) is 2. The van der Waals surface area contributed by atoms with Crippen molar-refractivity contribution < 1.29 is 9.90 Å². The van der Waals surface area contributed by atoms with Crippen LogP contribution in [0.15, 0.2) is 24.3 Å². The van der Waals surface area contributed by atoms with Gasteiger partial charge in [0.2, 0.25) is 0 Å². The van der Waals surface area contributed by atoms with E-state index in [1.165, 1.54) is 12.5 Å². The number of benzene rings is 1. The predicted octanol–water partition coefficient (Wildman–Crippen LogP) is 2.94. The van der Waals surface area contributed by atoms with E-state index in [1.54, 1.807) is 6.08 Å². The van der Waals surface area contributed by atoms with Crippen molar-refractivity contribution in [2.24, 2.45) is 5.92 Å². The van der Waals surface area contributed by atoms with Gasteiger partial charge in [0.1, 0.15) is 0 Å². The van der Waals surface area contributed by atoms with Crippen molar-refractivity contribution in [3.8, 4) is 0 Å². The van der Waals surface area contributed by atoms with Crippen molar-refractivity contribution >= 4 is 17.7 Å². The molecule has 1 aliphatic rings. The van der Waals surface area contributed by atoms with Crippen LogP contribution in [0.3, 0.4) is 0 Å². The fourth-order valence-corrected chi connectivity index (χ4v) is 2.41. The van der Waals surface area contributed by atoms with Gasteiger partial charge in [-0.15, -0.1) is 0 Å². The number of rotatable bonds is 3. The minimum atomic E-state index is -0.905. The fraction of sp³-hybridized carbons (Fsp3) is 0.400. The number of aryl methyl sites for hydroxylation is 1. The molecule has 3 nitrogen and oxygen atoms in total. The molecule has 0 radical (unpaired) electrons. The Bertz CT molecular complexity index is 479. The Morgan fingerprint density at radius 1 is 1.50 bits per heavy atom. The van der Waals surface area contributed by atoms with Crippen LogP contribution in [-0.4, -0.2) is 24.2 Å². The molecule has 1 aliphatic heterocycles. The molecule has 0 saturated carbocycles. The van der Waals surface area contributed by atoms with Gasteiger partial charge in [0.15, 0.2) is 0 Å². The highest BCUT2D eigenvalue weighted by atomic mass is 16.4. The number of nitrogens with zero attached hydrogens (tertiary/aromatic N) is 1. The summed E-state index contributed by atoms with van der Waals surface area (Å²) in [5, 5.41) is 8.74. The lowest BCUT2D eigenvalue weighted by atomic mass is 10.1.